The molecule has 17 heavy (non-hydrogen) atoms. The predicted octanol–water partition coefficient (Wildman–Crippen LogP) is 4.78. The topological polar surface area (TPSA) is 26.3 Å². The molecule has 2 fully saturated rings. The third-order valence-electron chi connectivity index (χ3n) is 4.33. The van der Waals surface area contributed by atoms with Crippen molar-refractivity contribution >= 4 is 8.03 Å². The van der Waals surface area contributed by atoms with Gasteiger partial charge in [0, 0.05) is 6.16 Å². The van der Waals surface area contributed by atoms with Gasteiger partial charge < -0.3 is 4.52 Å². The Kier molecular flexibility index (Phi) is 6.08. The highest BCUT2D eigenvalue weighted by Gasteiger charge is 2.18. The van der Waals surface area contributed by atoms with Crippen molar-refractivity contribution in [3.63, 3.8) is 0 Å². The van der Waals surface area contributed by atoms with Gasteiger partial charge in [0.1, 0.15) is 0 Å². The first-order valence-electron chi connectivity index (χ1n) is 7.54. The average molecular weight is 258 g/mol. The molecule has 0 aromatic heterocycles. The van der Waals surface area contributed by atoms with Crippen LogP contribution in [0.25, 0.3) is 0 Å². The van der Waals surface area contributed by atoms with E-state index < -0.39 is 8.03 Å². The van der Waals surface area contributed by atoms with Crippen LogP contribution in [0.1, 0.15) is 70.6 Å². The summed E-state index contributed by atoms with van der Waals surface area (Å²) in [7, 11) is -1.74. The van der Waals surface area contributed by atoms with E-state index in [0.717, 1.165) is 31.3 Å². The molecule has 0 aromatic rings. The van der Waals surface area contributed by atoms with E-state index >= 15 is 0 Å². The van der Waals surface area contributed by atoms with Crippen molar-refractivity contribution in [2.24, 2.45) is 5.92 Å². The number of hydrogen-bond acceptors (Lipinski definition) is 2. The van der Waals surface area contributed by atoms with Gasteiger partial charge in [0.15, 0.2) is 8.03 Å². The fourth-order valence-corrected chi connectivity index (χ4v) is 4.59. The Labute approximate surface area is 106 Å². The van der Waals surface area contributed by atoms with Crippen molar-refractivity contribution in [2.75, 3.05) is 6.16 Å². The van der Waals surface area contributed by atoms with Crippen molar-refractivity contribution in [2.45, 2.75) is 76.7 Å². The van der Waals surface area contributed by atoms with Gasteiger partial charge in [-0.25, -0.2) is 0 Å². The van der Waals surface area contributed by atoms with Gasteiger partial charge in [-0.15, -0.1) is 0 Å². The lowest BCUT2D eigenvalue weighted by molar-refractivity contribution is 0.165. The van der Waals surface area contributed by atoms with Gasteiger partial charge in [-0.1, -0.05) is 51.4 Å². The van der Waals surface area contributed by atoms with E-state index in [1.165, 1.54) is 51.4 Å². The molecule has 0 spiro atoms. The van der Waals surface area contributed by atoms with Crippen LogP contribution in [0.5, 0.6) is 0 Å². The van der Waals surface area contributed by atoms with Crippen molar-refractivity contribution in [1.82, 2.24) is 0 Å². The van der Waals surface area contributed by atoms with Gasteiger partial charge in [0.2, 0.25) is 0 Å². The number of hydrogen-bond donors (Lipinski definition) is 0. The van der Waals surface area contributed by atoms with Crippen LogP contribution in [0.3, 0.4) is 0 Å². The summed E-state index contributed by atoms with van der Waals surface area (Å²) in [6.07, 6.45) is 15.3. The van der Waals surface area contributed by atoms with E-state index in [-0.39, 0.29) is 0 Å². The second-order valence-corrected chi connectivity index (χ2v) is 7.27. The summed E-state index contributed by atoms with van der Waals surface area (Å²) in [5.41, 5.74) is 0. The van der Waals surface area contributed by atoms with Crippen LogP contribution in [0.4, 0.5) is 0 Å². The first-order chi connectivity index (χ1) is 8.34. The molecule has 0 radical (unpaired) electrons. The maximum absolute atomic E-state index is 11.9. The smallest absolute Gasteiger partial charge is 0.191 e. The summed E-state index contributed by atoms with van der Waals surface area (Å²) in [4.78, 5) is 0. The highest BCUT2D eigenvalue weighted by Crippen LogP contribution is 2.35. The SMILES string of the molecule is O=[PH](CCC1CCCCC1)OC1CCCCC1. The standard InChI is InChI=1S/C14H27O2P/c15-17(16-14-9-5-2-6-10-14)12-11-13-7-3-1-4-8-13/h13-14,17H,1-12H2. The molecule has 1 atom stereocenters. The molecule has 2 nitrogen and oxygen atoms in total. The molecule has 2 aliphatic rings. The lowest BCUT2D eigenvalue weighted by atomic mass is 9.88. The maximum Gasteiger partial charge on any atom is 0.191 e. The van der Waals surface area contributed by atoms with Crippen LogP contribution in [0.15, 0.2) is 0 Å². The van der Waals surface area contributed by atoms with Crippen LogP contribution in [-0.2, 0) is 9.09 Å². The summed E-state index contributed by atoms with van der Waals surface area (Å²) in [6.45, 7) is 0. The molecule has 0 aromatic carbocycles. The lowest BCUT2D eigenvalue weighted by Crippen LogP contribution is -2.14. The van der Waals surface area contributed by atoms with Gasteiger partial charge in [-0.3, -0.25) is 4.57 Å². The van der Waals surface area contributed by atoms with Crippen molar-refractivity contribution in [1.29, 1.82) is 0 Å². The Morgan fingerprint density at radius 3 is 2.12 bits per heavy atom. The van der Waals surface area contributed by atoms with E-state index in [1.807, 2.05) is 0 Å². The zero-order chi connectivity index (χ0) is 11.9. The highest BCUT2D eigenvalue weighted by molar-refractivity contribution is 7.39. The fraction of sp³-hybridized carbons (Fsp3) is 1.00. The zero-order valence-electron chi connectivity index (χ0n) is 11.0. The Bertz CT molecular complexity index is 230. The summed E-state index contributed by atoms with van der Waals surface area (Å²) in [5, 5.41) is 0. The Balaban J connectivity index is 1.59. The van der Waals surface area contributed by atoms with Crippen LogP contribution >= 0.6 is 8.03 Å². The first kappa shape index (κ1) is 13.6. The molecular weight excluding hydrogens is 231 g/mol. The van der Waals surface area contributed by atoms with Crippen LogP contribution in [-0.4, -0.2) is 12.3 Å². The molecule has 0 heterocycles. The molecule has 0 saturated heterocycles. The van der Waals surface area contributed by atoms with E-state index in [2.05, 4.69) is 0 Å². The molecule has 2 aliphatic carbocycles. The first-order valence-corrected chi connectivity index (χ1v) is 9.06. The third kappa shape index (κ3) is 5.14. The van der Waals surface area contributed by atoms with Crippen molar-refractivity contribution in [3.8, 4) is 0 Å². The highest BCUT2D eigenvalue weighted by atomic mass is 31.1. The summed E-state index contributed by atoms with van der Waals surface area (Å²) >= 11 is 0. The second kappa shape index (κ2) is 7.59. The summed E-state index contributed by atoms with van der Waals surface area (Å²) in [5.74, 6) is 0.840. The normalized spacial score (nSPS) is 25.9. The molecule has 0 bridgehead atoms. The minimum absolute atomic E-state index is 0.321. The van der Waals surface area contributed by atoms with Crippen LogP contribution < -0.4 is 0 Å². The number of rotatable bonds is 5. The quantitative estimate of drug-likeness (QED) is 0.663. The van der Waals surface area contributed by atoms with Crippen LogP contribution in [0, 0.1) is 5.92 Å². The molecule has 0 N–H and O–H groups in total. The molecule has 0 aliphatic heterocycles. The second-order valence-electron chi connectivity index (χ2n) is 5.79. The third-order valence-corrected chi connectivity index (χ3v) is 5.62. The Morgan fingerprint density at radius 1 is 0.882 bits per heavy atom. The molecule has 2 rings (SSSR count). The molecule has 0 amide bonds. The van der Waals surface area contributed by atoms with Crippen LogP contribution in [0.2, 0.25) is 0 Å². The van der Waals surface area contributed by atoms with Gasteiger partial charge in [-0.05, 0) is 25.2 Å². The predicted molar refractivity (Wildman–Crippen MR) is 73.0 cm³/mol. The Hall–Kier alpha value is 0.190. The lowest BCUT2D eigenvalue weighted by Gasteiger charge is -2.23. The molecule has 3 heteroatoms. The van der Waals surface area contributed by atoms with E-state index in [0.29, 0.717) is 6.10 Å². The Morgan fingerprint density at radius 2 is 1.47 bits per heavy atom. The largest absolute Gasteiger partial charge is 0.327 e. The minimum atomic E-state index is -1.74. The summed E-state index contributed by atoms with van der Waals surface area (Å²) in [6, 6.07) is 0. The van der Waals surface area contributed by atoms with Crippen molar-refractivity contribution in [3.05, 3.63) is 0 Å². The van der Waals surface area contributed by atoms with Gasteiger partial charge in [0.05, 0.1) is 6.10 Å². The molecular formula is C14H27O2P. The average Bonchev–Trinajstić information content (AvgIpc) is 2.39. The summed E-state index contributed by atoms with van der Waals surface area (Å²) < 4.78 is 17.6. The van der Waals surface area contributed by atoms with E-state index in [1.54, 1.807) is 0 Å². The molecule has 1 unspecified atom stereocenters. The maximum atomic E-state index is 11.9. The zero-order valence-corrected chi connectivity index (χ0v) is 12.0. The van der Waals surface area contributed by atoms with E-state index in [4.69, 9.17) is 4.52 Å². The monoisotopic (exact) mass is 258 g/mol. The van der Waals surface area contributed by atoms with Crippen molar-refractivity contribution < 1.29 is 9.09 Å². The van der Waals surface area contributed by atoms with Gasteiger partial charge in [-0.2, -0.15) is 0 Å². The van der Waals surface area contributed by atoms with Gasteiger partial charge in [0.25, 0.3) is 0 Å². The minimum Gasteiger partial charge on any atom is -0.327 e. The van der Waals surface area contributed by atoms with E-state index in [9.17, 15) is 4.57 Å². The molecule has 100 valence electrons. The molecule has 2 saturated carbocycles. The fourth-order valence-electron chi connectivity index (χ4n) is 3.23. The van der Waals surface area contributed by atoms with Gasteiger partial charge >= 0.3 is 0 Å².